The van der Waals surface area contributed by atoms with Crippen LogP contribution in [0.1, 0.15) is 18.4 Å². The van der Waals surface area contributed by atoms with E-state index in [-0.39, 0.29) is 0 Å². The number of likely N-dealkylation sites (N-methyl/N-ethyl adjacent to an activating group) is 1. The molecule has 20 heavy (non-hydrogen) atoms. The van der Waals surface area contributed by atoms with Crippen molar-refractivity contribution in [3.05, 3.63) is 29.8 Å². The van der Waals surface area contributed by atoms with Crippen molar-refractivity contribution in [2.45, 2.75) is 30.3 Å². The number of benzene rings is 1. The summed E-state index contributed by atoms with van der Waals surface area (Å²) in [6.07, 6.45) is 2.46. The lowest BCUT2D eigenvalue weighted by atomic mass is 10.2. The zero-order valence-corrected chi connectivity index (χ0v) is 12.9. The maximum Gasteiger partial charge on any atom is 0.240 e. The van der Waals surface area contributed by atoms with Crippen molar-refractivity contribution in [2.24, 2.45) is 0 Å². The largest absolute Gasteiger partial charge is 0.316 e. The SMILES string of the molecule is CNCc1ccc(S(=O)(=O)NCCN(C)C2CC2)cc1. The fourth-order valence-electron chi connectivity index (χ4n) is 2.13. The van der Waals surface area contributed by atoms with Gasteiger partial charge in [-0.05, 0) is 44.6 Å². The van der Waals surface area contributed by atoms with Gasteiger partial charge in [0.05, 0.1) is 4.90 Å². The summed E-state index contributed by atoms with van der Waals surface area (Å²) in [6.45, 7) is 1.94. The minimum Gasteiger partial charge on any atom is -0.316 e. The molecular weight excluding hydrogens is 274 g/mol. The smallest absolute Gasteiger partial charge is 0.240 e. The molecule has 112 valence electrons. The van der Waals surface area contributed by atoms with Crippen LogP contribution in [0.2, 0.25) is 0 Å². The fraction of sp³-hybridized carbons (Fsp3) is 0.571. The van der Waals surface area contributed by atoms with Gasteiger partial charge in [0.1, 0.15) is 0 Å². The first-order valence-corrected chi connectivity index (χ1v) is 8.44. The van der Waals surface area contributed by atoms with E-state index in [1.807, 2.05) is 26.2 Å². The topological polar surface area (TPSA) is 61.4 Å². The lowest BCUT2D eigenvalue weighted by Gasteiger charge is -2.15. The summed E-state index contributed by atoms with van der Waals surface area (Å²) in [5, 5.41) is 3.03. The molecule has 2 rings (SSSR count). The van der Waals surface area contributed by atoms with Crippen molar-refractivity contribution in [1.29, 1.82) is 0 Å². The van der Waals surface area contributed by atoms with Gasteiger partial charge in [-0.1, -0.05) is 12.1 Å². The van der Waals surface area contributed by atoms with Crippen LogP contribution in [0.15, 0.2) is 29.2 Å². The van der Waals surface area contributed by atoms with E-state index in [0.29, 0.717) is 17.5 Å². The molecule has 1 aromatic carbocycles. The quantitative estimate of drug-likeness (QED) is 0.744. The average molecular weight is 297 g/mol. The number of hydrogen-bond acceptors (Lipinski definition) is 4. The predicted octanol–water partition coefficient (Wildman–Crippen LogP) is 0.779. The molecule has 0 saturated heterocycles. The molecule has 0 amide bonds. The van der Waals surface area contributed by atoms with E-state index in [1.165, 1.54) is 12.8 Å². The van der Waals surface area contributed by atoms with Crippen LogP contribution in [0, 0.1) is 0 Å². The highest BCUT2D eigenvalue weighted by atomic mass is 32.2. The van der Waals surface area contributed by atoms with Crippen LogP contribution in [0.25, 0.3) is 0 Å². The molecule has 0 aromatic heterocycles. The molecular formula is C14H23N3O2S. The highest BCUT2D eigenvalue weighted by Crippen LogP contribution is 2.24. The first-order valence-electron chi connectivity index (χ1n) is 6.96. The second-order valence-corrected chi connectivity index (χ2v) is 7.05. The number of sulfonamides is 1. The molecule has 1 fully saturated rings. The van der Waals surface area contributed by atoms with E-state index in [9.17, 15) is 8.42 Å². The summed E-state index contributed by atoms with van der Waals surface area (Å²) in [4.78, 5) is 2.53. The van der Waals surface area contributed by atoms with Crippen LogP contribution in [-0.4, -0.2) is 46.5 Å². The molecule has 1 aliphatic carbocycles. The minimum absolute atomic E-state index is 0.325. The fourth-order valence-corrected chi connectivity index (χ4v) is 3.15. The van der Waals surface area contributed by atoms with Gasteiger partial charge >= 0.3 is 0 Å². The van der Waals surface area contributed by atoms with Gasteiger partial charge in [0.15, 0.2) is 0 Å². The third kappa shape index (κ3) is 4.28. The van der Waals surface area contributed by atoms with Gasteiger partial charge in [-0.3, -0.25) is 0 Å². The zero-order chi connectivity index (χ0) is 14.6. The molecule has 2 N–H and O–H groups in total. The van der Waals surface area contributed by atoms with Crippen LogP contribution in [-0.2, 0) is 16.6 Å². The van der Waals surface area contributed by atoms with Gasteiger partial charge in [0, 0.05) is 25.7 Å². The third-order valence-corrected chi connectivity index (χ3v) is 5.02. The lowest BCUT2D eigenvalue weighted by molar-refractivity contribution is 0.329. The summed E-state index contributed by atoms with van der Waals surface area (Å²) < 4.78 is 26.9. The minimum atomic E-state index is -3.39. The molecule has 1 aliphatic rings. The van der Waals surface area contributed by atoms with Crippen molar-refractivity contribution < 1.29 is 8.42 Å². The molecule has 0 radical (unpaired) electrons. The molecule has 0 aliphatic heterocycles. The van der Waals surface area contributed by atoms with E-state index in [2.05, 4.69) is 14.9 Å². The average Bonchev–Trinajstić information content (AvgIpc) is 3.24. The molecule has 1 saturated carbocycles. The van der Waals surface area contributed by atoms with Crippen molar-refractivity contribution in [3.8, 4) is 0 Å². The predicted molar refractivity (Wildman–Crippen MR) is 80.0 cm³/mol. The molecule has 0 spiro atoms. The highest BCUT2D eigenvalue weighted by molar-refractivity contribution is 7.89. The van der Waals surface area contributed by atoms with Gasteiger partial charge in [-0.15, -0.1) is 0 Å². The molecule has 0 atom stereocenters. The van der Waals surface area contributed by atoms with Crippen molar-refractivity contribution in [3.63, 3.8) is 0 Å². The lowest BCUT2D eigenvalue weighted by Crippen LogP contribution is -2.34. The monoisotopic (exact) mass is 297 g/mol. The summed E-state index contributed by atoms with van der Waals surface area (Å²) in [6, 6.07) is 7.63. The first-order chi connectivity index (χ1) is 9.53. The standard InChI is InChI=1S/C14H23N3O2S/c1-15-11-12-3-7-14(8-4-12)20(18,19)16-9-10-17(2)13-5-6-13/h3-4,7-8,13,15-16H,5-6,9-11H2,1-2H3. The van der Waals surface area contributed by atoms with Gasteiger partial charge in [0.2, 0.25) is 10.0 Å². The Balaban J connectivity index is 1.88. The molecule has 0 unspecified atom stereocenters. The van der Waals surface area contributed by atoms with Gasteiger partial charge < -0.3 is 10.2 Å². The summed E-state index contributed by atoms with van der Waals surface area (Å²) in [5.41, 5.74) is 1.07. The highest BCUT2D eigenvalue weighted by Gasteiger charge is 2.25. The van der Waals surface area contributed by atoms with E-state index in [1.54, 1.807) is 12.1 Å². The van der Waals surface area contributed by atoms with Crippen molar-refractivity contribution in [2.75, 3.05) is 27.2 Å². The Bertz CT molecular complexity index is 524. The first kappa shape index (κ1) is 15.4. The Hall–Kier alpha value is -0.950. The van der Waals surface area contributed by atoms with Gasteiger partial charge in [-0.25, -0.2) is 13.1 Å². The van der Waals surface area contributed by atoms with Crippen LogP contribution in [0.4, 0.5) is 0 Å². The van der Waals surface area contributed by atoms with Crippen molar-refractivity contribution in [1.82, 2.24) is 14.9 Å². The summed E-state index contributed by atoms with van der Waals surface area (Å²) in [5.74, 6) is 0. The molecule has 5 nitrogen and oxygen atoms in total. The van der Waals surface area contributed by atoms with Crippen LogP contribution in [0.3, 0.4) is 0 Å². The number of rotatable bonds is 8. The normalized spacial score (nSPS) is 15.8. The van der Waals surface area contributed by atoms with Crippen LogP contribution in [0.5, 0.6) is 0 Å². The Kier molecular flexibility index (Phi) is 5.15. The van der Waals surface area contributed by atoms with E-state index in [4.69, 9.17) is 0 Å². The maximum atomic E-state index is 12.1. The van der Waals surface area contributed by atoms with Gasteiger partial charge in [-0.2, -0.15) is 0 Å². The molecule has 0 heterocycles. The van der Waals surface area contributed by atoms with E-state index < -0.39 is 10.0 Å². The Labute approximate surface area is 121 Å². The summed E-state index contributed by atoms with van der Waals surface area (Å²) >= 11 is 0. The molecule has 6 heteroatoms. The third-order valence-electron chi connectivity index (χ3n) is 3.54. The van der Waals surface area contributed by atoms with Crippen molar-refractivity contribution >= 4 is 10.0 Å². The zero-order valence-electron chi connectivity index (χ0n) is 12.1. The van der Waals surface area contributed by atoms with Crippen LogP contribution >= 0.6 is 0 Å². The Morgan fingerprint density at radius 1 is 1.25 bits per heavy atom. The summed E-state index contributed by atoms with van der Waals surface area (Å²) in [7, 11) is 0.514. The maximum absolute atomic E-state index is 12.1. The number of nitrogens with one attached hydrogen (secondary N) is 2. The van der Waals surface area contributed by atoms with Gasteiger partial charge in [0.25, 0.3) is 0 Å². The molecule has 1 aromatic rings. The number of nitrogens with zero attached hydrogens (tertiary/aromatic N) is 1. The van der Waals surface area contributed by atoms with E-state index in [0.717, 1.165) is 18.7 Å². The molecule has 0 bridgehead atoms. The van der Waals surface area contributed by atoms with Crippen LogP contribution < -0.4 is 10.0 Å². The Morgan fingerprint density at radius 2 is 1.90 bits per heavy atom. The second-order valence-electron chi connectivity index (χ2n) is 5.28. The second kappa shape index (κ2) is 6.67. The number of hydrogen-bond donors (Lipinski definition) is 2. The van der Waals surface area contributed by atoms with E-state index >= 15 is 0 Å². The Morgan fingerprint density at radius 3 is 2.45 bits per heavy atom.